The van der Waals surface area contributed by atoms with Crippen molar-refractivity contribution in [1.29, 1.82) is 0 Å². The van der Waals surface area contributed by atoms with Crippen LogP contribution in [-0.2, 0) is 5.88 Å². The Bertz CT molecular complexity index is 223. The lowest BCUT2D eigenvalue weighted by atomic mass is 10.3. The Morgan fingerprint density at radius 1 is 1.56 bits per heavy atom. The second-order valence-electron chi connectivity index (χ2n) is 1.69. The molecule has 0 bridgehead atoms. The molecule has 0 saturated heterocycles. The fraction of sp³-hybridized carbons (Fsp3) is 0.167. The quantitative estimate of drug-likeness (QED) is 0.492. The molecule has 0 aliphatic rings. The zero-order valence-corrected chi connectivity index (χ0v) is 6.30. The number of H-pyrrole nitrogens is 1. The van der Waals surface area contributed by atoms with Gasteiger partial charge in [0.2, 0.25) is 0 Å². The van der Waals surface area contributed by atoms with E-state index in [2.05, 4.69) is 4.98 Å². The van der Waals surface area contributed by atoms with E-state index in [0.29, 0.717) is 5.88 Å². The number of hydrogen-bond donors (Lipinski definition) is 1. The van der Waals surface area contributed by atoms with Crippen molar-refractivity contribution < 1.29 is 0 Å². The van der Waals surface area contributed by atoms with Crippen molar-refractivity contribution in [2.24, 2.45) is 0 Å². The van der Waals surface area contributed by atoms with Gasteiger partial charge in [-0.05, 0) is 11.6 Å². The van der Waals surface area contributed by atoms with Gasteiger partial charge in [0, 0.05) is 12.1 Å². The van der Waals surface area contributed by atoms with Crippen molar-refractivity contribution >= 4 is 23.8 Å². The Morgan fingerprint density at radius 2 is 2.33 bits per heavy atom. The fourth-order valence-electron chi connectivity index (χ4n) is 0.526. The summed E-state index contributed by atoms with van der Waals surface area (Å²) in [7, 11) is 0. The third kappa shape index (κ3) is 1.80. The summed E-state index contributed by atoms with van der Waals surface area (Å²) in [6, 6.07) is 3.74. The van der Waals surface area contributed by atoms with Crippen molar-refractivity contribution in [2.45, 2.75) is 5.88 Å². The number of nitrogens with one attached hydrogen (secondary N) is 1. The zero-order chi connectivity index (χ0) is 6.69. The Labute approximate surface area is 63.7 Å². The smallest absolute Gasteiger partial charge is 0.103 e. The molecular formula is C6H6ClNS. The van der Waals surface area contributed by atoms with E-state index in [4.69, 9.17) is 23.8 Å². The van der Waals surface area contributed by atoms with E-state index in [-0.39, 0.29) is 0 Å². The monoisotopic (exact) mass is 159 g/mol. The lowest BCUT2D eigenvalue weighted by molar-refractivity contribution is 1.23. The molecular weight excluding hydrogens is 154 g/mol. The van der Waals surface area contributed by atoms with Crippen LogP contribution in [0.1, 0.15) is 5.56 Å². The number of aromatic amines is 1. The average Bonchev–Trinajstić information content (AvgIpc) is 1.90. The summed E-state index contributed by atoms with van der Waals surface area (Å²) < 4.78 is 0.740. The Hall–Kier alpha value is -0.340. The van der Waals surface area contributed by atoms with Gasteiger partial charge in [-0.2, -0.15) is 0 Å². The van der Waals surface area contributed by atoms with E-state index in [1.807, 2.05) is 18.3 Å². The first-order valence-electron chi connectivity index (χ1n) is 2.56. The van der Waals surface area contributed by atoms with Gasteiger partial charge in [-0.3, -0.25) is 0 Å². The normalized spacial score (nSPS) is 9.44. The van der Waals surface area contributed by atoms with Gasteiger partial charge >= 0.3 is 0 Å². The minimum Gasteiger partial charge on any atom is -0.353 e. The molecule has 1 N–H and O–H groups in total. The number of halogens is 1. The van der Waals surface area contributed by atoms with Crippen molar-refractivity contribution in [3.63, 3.8) is 0 Å². The van der Waals surface area contributed by atoms with Gasteiger partial charge in [-0.25, -0.2) is 0 Å². The summed E-state index contributed by atoms with van der Waals surface area (Å²) in [5.74, 6) is 0.534. The van der Waals surface area contributed by atoms with Crippen LogP contribution in [0.5, 0.6) is 0 Å². The number of pyridine rings is 1. The highest BCUT2D eigenvalue weighted by Gasteiger charge is 1.84. The van der Waals surface area contributed by atoms with E-state index < -0.39 is 0 Å². The molecule has 1 aromatic heterocycles. The molecule has 3 heteroatoms. The molecule has 1 rings (SSSR count). The topological polar surface area (TPSA) is 15.8 Å². The number of rotatable bonds is 1. The van der Waals surface area contributed by atoms with E-state index in [9.17, 15) is 0 Å². The van der Waals surface area contributed by atoms with E-state index in [1.54, 1.807) is 0 Å². The highest BCUT2D eigenvalue weighted by Crippen LogP contribution is 1.99. The first kappa shape index (κ1) is 6.78. The van der Waals surface area contributed by atoms with Crippen LogP contribution < -0.4 is 0 Å². The fourth-order valence-corrected chi connectivity index (χ4v) is 0.819. The van der Waals surface area contributed by atoms with Crippen LogP contribution in [0.15, 0.2) is 18.3 Å². The predicted octanol–water partition coefficient (Wildman–Crippen LogP) is 2.48. The van der Waals surface area contributed by atoms with Gasteiger partial charge in [-0.15, -0.1) is 11.6 Å². The number of alkyl halides is 1. The molecule has 0 aliphatic heterocycles. The maximum Gasteiger partial charge on any atom is 0.103 e. The van der Waals surface area contributed by atoms with E-state index in [1.165, 1.54) is 0 Å². The van der Waals surface area contributed by atoms with Crippen LogP contribution in [0.2, 0.25) is 0 Å². The molecule has 1 nitrogen and oxygen atoms in total. The predicted molar refractivity (Wildman–Crippen MR) is 41.2 cm³/mol. The van der Waals surface area contributed by atoms with Crippen LogP contribution in [0.25, 0.3) is 0 Å². The molecule has 1 aromatic rings. The summed E-state index contributed by atoms with van der Waals surface area (Å²) in [6.45, 7) is 0. The van der Waals surface area contributed by atoms with Crippen molar-refractivity contribution in [3.8, 4) is 0 Å². The molecule has 0 spiro atoms. The van der Waals surface area contributed by atoms with Crippen molar-refractivity contribution in [1.82, 2.24) is 4.98 Å². The van der Waals surface area contributed by atoms with Crippen LogP contribution >= 0.6 is 23.8 Å². The SMILES string of the molecule is S=c1ccc(CCl)c[nH]1. The summed E-state index contributed by atoms with van der Waals surface area (Å²) in [4.78, 5) is 2.88. The molecule has 0 amide bonds. The van der Waals surface area contributed by atoms with E-state index in [0.717, 1.165) is 10.2 Å². The highest BCUT2D eigenvalue weighted by molar-refractivity contribution is 7.71. The molecule has 0 atom stereocenters. The molecule has 0 aromatic carbocycles. The standard InChI is InChI=1S/C6H6ClNS/c7-3-5-1-2-6(9)8-4-5/h1-2,4H,3H2,(H,8,9). The Balaban J connectivity index is 3.02. The molecule has 0 saturated carbocycles. The molecule has 0 unspecified atom stereocenters. The summed E-state index contributed by atoms with van der Waals surface area (Å²) >= 11 is 10.3. The minimum atomic E-state index is 0.534. The molecule has 48 valence electrons. The average molecular weight is 160 g/mol. The molecule has 0 aliphatic carbocycles. The summed E-state index contributed by atoms with van der Waals surface area (Å²) in [6.07, 6.45) is 1.81. The minimum absolute atomic E-state index is 0.534. The lowest BCUT2D eigenvalue weighted by Gasteiger charge is -1.90. The Morgan fingerprint density at radius 3 is 2.78 bits per heavy atom. The van der Waals surface area contributed by atoms with Gasteiger partial charge in [0.25, 0.3) is 0 Å². The zero-order valence-electron chi connectivity index (χ0n) is 4.73. The van der Waals surface area contributed by atoms with Crippen LogP contribution in [0.4, 0.5) is 0 Å². The van der Waals surface area contributed by atoms with Crippen LogP contribution in [-0.4, -0.2) is 4.98 Å². The second kappa shape index (κ2) is 2.99. The molecule has 0 radical (unpaired) electrons. The first-order valence-corrected chi connectivity index (χ1v) is 3.51. The number of aromatic nitrogens is 1. The van der Waals surface area contributed by atoms with Gasteiger partial charge in [-0.1, -0.05) is 18.3 Å². The van der Waals surface area contributed by atoms with Gasteiger partial charge in [0.1, 0.15) is 4.64 Å². The summed E-state index contributed by atoms with van der Waals surface area (Å²) in [5.41, 5.74) is 1.06. The van der Waals surface area contributed by atoms with E-state index >= 15 is 0 Å². The third-order valence-electron chi connectivity index (χ3n) is 1.00. The largest absolute Gasteiger partial charge is 0.353 e. The molecule has 0 fully saturated rings. The molecule has 1 heterocycles. The third-order valence-corrected chi connectivity index (χ3v) is 1.57. The maximum absolute atomic E-state index is 5.53. The second-order valence-corrected chi connectivity index (χ2v) is 2.40. The highest BCUT2D eigenvalue weighted by atomic mass is 35.5. The van der Waals surface area contributed by atoms with Crippen molar-refractivity contribution in [2.75, 3.05) is 0 Å². The van der Waals surface area contributed by atoms with Gasteiger partial charge in [0.05, 0.1) is 0 Å². The van der Waals surface area contributed by atoms with Crippen LogP contribution in [0, 0.1) is 4.64 Å². The van der Waals surface area contributed by atoms with Gasteiger partial charge in [0.15, 0.2) is 0 Å². The summed E-state index contributed by atoms with van der Waals surface area (Å²) in [5, 5.41) is 0. The molecule has 9 heavy (non-hydrogen) atoms. The van der Waals surface area contributed by atoms with Crippen LogP contribution in [0.3, 0.4) is 0 Å². The maximum atomic E-state index is 5.53. The first-order chi connectivity index (χ1) is 4.33. The number of hydrogen-bond acceptors (Lipinski definition) is 1. The Kier molecular flexibility index (Phi) is 2.25. The lowest BCUT2D eigenvalue weighted by Crippen LogP contribution is -1.78. The van der Waals surface area contributed by atoms with Gasteiger partial charge < -0.3 is 4.98 Å². The van der Waals surface area contributed by atoms with Crippen molar-refractivity contribution in [3.05, 3.63) is 28.5 Å².